The zero-order valence-electron chi connectivity index (χ0n) is 10.1. The third-order valence-electron chi connectivity index (χ3n) is 2.25. The molecule has 0 aliphatic heterocycles. The molecule has 0 saturated heterocycles. The molecule has 0 fully saturated rings. The molecule has 0 aliphatic carbocycles. The highest BCUT2D eigenvalue weighted by Gasteiger charge is 2.08. The summed E-state index contributed by atoms with van der Waals surface area (Å²) in [6.07, 6.45) is 2.60. The van der Waals surface area contributed by atoms with Crippen molar-refractivity contribution in [2.24, 2.45) is 0 Å². The molecule has 5 heteroatoms. The van der Waals surface area contributed by atoms with Crippen molar-refractivity contribution in [1.29, 1.82) is 0 Å². The number of aliphatic hydroxyl groups is 1. The van der Waals surface area contributed by atoms with Gasteiger partial charge in [0.05, 0.1) is 19.3 Å². The maximum Gasteiger partial charge on any atom is 0.244 e. The highest BCUT2D eigenvalue weighted by molar-refractivity contribution is 5.91. The van der Waals surface area contributed by atoms with Gasteiger partial charge in [-0.1, -0.05) is 18.2 Å². The van der Waals surface area contributed by atoms with Gasteiger partial charge in [-0.2, -0.15) is 0 Å². The van der Waals surface area contributed by atoms with E-state index in [1.54, 1.807) is 18.2 Å². The number of carbonyl (C=O) groups is 1. The summed E-state index contributed by atoms with van der Waals surface area (Å²) in [5.41, 5.74) is 0.333. The van der Waals surface area contributed by atoms with Crippen molar-refractivity contribution < 1.29 is 19.0 Å². The molecule has 2 N–H and O–H groups in total. The van der Waals surface area contributed by atoms with Crippen LogP contribution in [0.5, 0.6) is 0 Å². The summed E-state index contributed by atoms with van der Waals surface area (Å²) in [5.74, 6) is -0.800. The molecule has 4 nitrogen and oxygen atoms in total. The van der Waals surface area contributed by atoms with Crippen LogP contribution in [-0.4, -0.2) is 37.4 Å². The van der Waals surface area contributed by atoms with E-state index >= 15 is 0 Å². The summed E-state index contributed by atoms with van der Waals surface area (Å²) >= 11 is 0. The molecule has 98 valence electrons. The normalized spacial score (nSPS) is 12.6. The molecular weight excluding hydrogens is 237 g/mol. The lowest BCUT2D eigenvalue weighted by molar-refractivity contribution is -0.117. The van der Waals surface area contributed by atoms with Crippen LogP contribution in [0.25, 0.3) is 6.08 Å². The summed E-state index contributed by atoms with van der Waals surface area (Å²) in [5, 5.41) is 11.5. The number of nitrogens with one attached hydrogen (secondary N) is 1. The van der Waals surface area contributed by atoms with Crippen LogP contribution in [0.1, 0.15) is 5.56 Å². The van der Waals surface area contributed by atoms with Crippen molar-refractivity contribution in [3.8, 4) is 0 Å². The first-order valence-electron chi connectivity index (χ1n) is 5.50. The Balaban J connectivity index is 2.57. The smallest absolute Gasteiger partial charge is 0.244 e. The number of benzene rings is 1. The molecule has 1 aromatic carbocycles. The van der Waals surface area contributed by atoms with Gasteiger partial charge in [0.1, 0.15) is 5.82 Å². The second kappa shape index (κ2) is 7.58. The standard InChI is InChI=1S/C13H16FNO3/c1-18-9-11(8-16)15-13(17)7-6-10-4-2-3-5-12(10)14/h2-7,11,16H,8-9H2,1H3,(H,15,17)/b7-6+. The second-order valence-corrected chi connectivity index (χ2v) is 3.70. The maximum atomic E-state index is 13.2. The lowest BCUT2D eigenvalue weighted by atomic mass is 10.2. The van der Waals surface area contributed by atoms with Crippen LogP contribution in [0.3, 0.4) is 0 Å². The van der Waals surface area contributed by atoms with Crippen molar-refractivity contribution >= 4 is 12.0 Å². The number of amides is 1. The van der Waals surface area contributed by atoms with Crippen LogP contribution in [0.15, 0.2) is 30.3 Å². The highest BCUT2D eigenvalue weighted by Crippen LogP contribution is 2.07. The summed E-state index contributed by atoms with van der Waals surface area (Å²) in [7, 11) is 1.48. The zero-order chi connectivity index (χ0) is 13.4. The minimum Gasteiger partial charge on any atom is -0.394 e. The first-order chi connectivity index (χ1) is 8.67. The molecule has 1 amide bonds. The molecule has 0 heterocycles. The quantitative estimate of drug-likeness (QED) is 0.742. The number of rotatable bonds is 6. The van der Waals surface area contributed by atoms with Crippen molar-refractivity contribution in [2.75, 3.05) is 20.3 Å². The number of aliphatic hydroxyl groups excluding tert-OH is 1. The molecule has 0 aliphatic rings. The maximum absolute atomic E-state index is 13.2. The minimum atomic E-state index is -0.465. The topological polar surface area (TPSA) is 58.6 Å². The van der Waals surface area contributed by atoms with Gasteiger partial charge in [0.15, 0.2) is 0 Å². The first kappa shape index (κ1) is 14.3. The monoisotopic (exact) mass is 253 g/mol. The Morgan fingerprint density at radius 1 is 1.56 bits per heavy atom. The Bertz CT molecular complexity index is 420. The molecular formula is C13H16FNO3. The van der Waals surface area contributed by atoms with E-state index in [2.05, 4.69) is 5.32 Å². The Morgan fingerprint density at radius 2 is 2.28 bits per heavy atom. The van der Waals surface area contributed by atoms with E-state index < -0.39 is 17.8 Å². The Labute approximate surface area is 105 Å². The predicted octanol–water partition coefficient (Wildman–Crippen LogP) is 0.962. The van der Waals surface area contributed by atoms with Crippen LogP contribution >= 0.6 is 0 Å². The average molecular weight is 253 g/mol. The number of methoxy groups -OCH3 is 1. The largest absolute Gasteiger partial charge is 0.394 e. The van der Waals surface area contributed by atoms with Crippen LogP contribution < -0.4 is 5.32 Å². The van der Waals surface area contributed by atoms with E-state index in [4.69, 9.17) is 9.84 Å². The molecule has 18 heavy (non-hydrogen) atoms. The molecule has 1 atom stereocenters. The van der Waals surface area contributed by atoms with Crippen molar-refractivity contribution in [3.63, 3.8) is 0 Å². The highest BCUT2D eigenvalue weighted by atomic mass is 19.1. The number of hydrogen-bond acceptors (Lipinski definition) is 3. The van der Waals surface area contributed by atoms with Crippen LogP contribution in [0.4, 0.5) is 4.39 Å². The van der Waals surface area contributed by atoms with Gasteiger partial charge in [-0.05, 0) is 12.1 Å². The third kappa shape index (κ3) is 4.65. The van der Waals surface area contributed by atoms with Gasteiger partial charge in [-0.15, -0.1) is 0 Å². The average Bonchev–Trinajstić information content (AvgIpc) is 2.37. The van der Waals surface area contributed by atoms with Gasteiger partial charge in [0, 0.05) is 18.7 Å². The molecule has 1 aromatic rings. The fraction of sp³-hybridized carbons (Fsp3) is 0.308. The summed E-state index contributed by atoms with van der Waals surface area (Å²) in [6, 6.07) is 5.68. The van der Waals surface area contributed by atoms with Crippen molar-refractivity contribution in [2.45, 2.75) is 6.04 Å². The fourth-order valence-corrected chi connectivity index (χ4v) is 1.37. The van der Waals surface area contributed by atoms with E-state index in [0.29, 0.717) is 5.56 Å². The molecule has 0 saturated carbocycles. The first-order valence-corrected chi connectivity index (χ1v) is 5.50. The van der Waals surface area contributed by atoms with E-state index in [9.17, 15) is 9.18 Å². The third-order valence-corrected chi connectivity index (χ3v) is 2.25. The van der Waals surface area contributed by atoms with Gasteiger partial charge < -0.3 is 15.2 Å². The SMILES string of the molecule is COCC(CO)NC(=O)/C=C/c1ccccc1F. The zero-order valence-corrected chi connectivity index (χ0v) is 10.1. The van der Waals surface area contributed by atoms with Crippen LogP contribution in [0.2, 0.25) is 0 Å². The van der Waals surface area contributed by atoms with E-state index in [-0.39, 0.29) is 13.2 Å². The van der Waals surface area contributed by atoms with Gasteiger partial charge in [-0.3, -0.25) is 4.79 Å². The predicted molar refractivity (Wildman–Crippen MR) is 66.3 cm³/mol. The summed E-state index contributed by atoms with van der Waals surface area (Å²) in [6.45, 7) is 0.00287. The Morgan fingerprint density at radius 3 is 2.89 bits per heavy atom. The van der Waals surface area contributed by atoms with E-state index in [0.717, 1.165) is 0 Å². The lowest BCUT2D eigenvalue weighted by Crippen LogP contribution is -2.39. The van der Waals surface area contributed by atoms with E-state index in [1.807, 2.05) is 0 Å². The van der Waals surface area contributed by atoms with Crippen molar-refractivity contribution in [3.05, 3.63) is 41.7 Å². The van der Waals surface area contributed by atoms with Crippen molar-refractivity contribution in [1.82, 2.24) is 5.32 Å². The fourth-order valence-electron chi connectivity index (χ4n) is 1.37. The Hall–Kier alpha value is -1.72. The summed E-state index contributed by atoms with van der Waals surface area (Å²) in [4.78, 5) is 11.5. The number of ether oxygens (including phenoxy) is 1. The number of halogens is 1. The summed E-state index contributed by atoms with van der Waals surface area (Å²) < 4.78 is 18.1. The molecule has 0 spiro atoms. The molecule has 0 radical (unpaired) electrons. The number of carbonyl (C=O) groups excluding carboxylic acids is 1. The lowest BCUT2D eigenvalue weighted by Gasteiger charge is -2.13. The molecule has 1 unspecified atom stereocenters. The van der Waals surface area contributed by atoms with Gasteiger partial charge in [0.25, 0.3) is 0 Å². The van der Waals surface area contributed by atoms with Gasteiger partial charge in [-0.25, -0.2) is 4.39 Å². The molecule has 0 bridgehead atoms. The molecule has 1 rings (SSSR count). The van der Waals surface area contributed by atoms with Crippen LogP contribution in [-0.2, 0) is 9.53 Å². The molecule has 0 aromatic heterocycles. The minimum absolute atomic E-state index is 0.215. The van der Waals surface area contributed by atoms with E-state index in [1.165, 1.54) is 25.3 Å². The number of hydrogen-bond donors (Lipinski definition) is 2. The van der Waals surface area contributed by atoms with Gasteiger partial charge in [0.2, 0.25) is 5.91 Å². The Kier molecular flexibility index (Phi) is 6.04. The van der Waals surface area contributed by atoms with Gasteiger partial charge >= 0.3 is 0 Å². The van der Waals surface area contributed by atoms with Crippen LogP contribution in [0, 0.1) is 5.82 Å². The second-order valence-electron chi connectivity index (χ2n) is 3.70.